The third-order valence-electron chi connectivity index (χ3n) is 6.13. The normalized spacial score (nSPS) is 17.2. The Kier molecular flexibility index (Phi) is 5.65. The summed E-state index contributed by atoms with van der Waals surface area (Å²) >= 11 is 0. The van der Waals surface area contributed by atoms with E-state index in [-0.39, 0.29) is 10.8 Å². The standard InChI is InChI=1S/C25H26N2O4S/c1-18(28)26(20-11-5-4-6-12-20)16-8-7-13-22-25(2,3)23-21(32(29,30)31)15-14-19-10-9-17-27(22)24(19)23/h4-8,11-16H,9-10,17H2,1-3H3/p+1. The second kappa shape index (κ2) is 8.15. The molecule has 6 nitrogen and oxygen atoms in total. The molecule has 0 aliphatic carbocycles. The minimum atomic E-state index is -4.35. The molecule has 2 aromatic rings. The van der Waals surface area contributed by atoms with Gasteiger partial charge in [0.2, 0.25) is 11.6 Å². The van der Waals surface area contributed by atoms with Crippen molar-refractivity contribution in [3.63, 3.8) is 0 Å². The minimum Gasteiger partial charge on any atom is -0.288 e. The highest BCUT2D eigenvalue weighted by Gasteiger charge is 2.49. The van der Waals surface area contributed by atoms with Gasteiger partial charge in [-0.2, -0.15) is 13.0 Å². The summed E-state index contributed by atoms with van der Waals surface area (Å²) in [5.41, 5.74) is 3.78. The first-order chi connectivity index (χ1) is 15.1. The molecule has 0 spiro atoms. The Hall–Kier alpha value is -3.03. The molecule has 1 amide bonds. The predicted octanol–water partition coefficient (Wildman–Crippen LogP) is 4.38. The van der Waals surface area contributed by atoms with Crippen LogP contribution >= 0.6 is 0 Å². The van der Waals surface area contributed by atoms with E-state index in [9.17, 15) is 17.8 Å². The van der Waals surface area contributed by atoms with Gasteiger partial charge in [0.15, 0.2) is 5.71 Å². The summed E-state index contributed by atoms with van der Waals surface area (Å²) in [6.45, 7) is 6.25. The number of allylic oxidation sites excluding steroid dienone is 3. The highest BCUT2D eigenvalue weighted by Crippen LogP contribution is 2.47. The van der Waals surface area contributed by atoms with Crippen LogP contribution in [0.3, 0.4) is 0 Å². The number of rotatable bonds is 5. The third kappa shape index (κ3) is 3.82. The number of benzene rings is 2. The smallest absolute Gasteiger partial charge is 0.288 e. The molecule has 0 radical (unpaired) electrons. The monoisotopic (exact) mass is 451 g/mol. The van der Waals surface area contributed by atoms with Crippen LogP contribution in [0.4, 0.5) is 11.4 Å². The number of aryl methyl sites for hydroxylation is 1. The topological polar surface area (TPSA) is 77.7 Å². The summed E-state index contributed by atoms with van der Waals surface area (Å²) in [6, 6.07) is 12.7. The van der Waals surface area contributed by atoms with E-state index in [1.54, 1.807) is 23.2 Å². The van der Waals surface area contributed by atoms with Crippen LogP contribution in [-0.4, -0.2) is 35.7 Å². The van der Waals surface area contributed by atoms with Crippen LogP contribution in [0.1, 0.15) is 38.3 Å². The first-order valence-corrected chi connectivity index (χ1v) is 12.0. The molecule has 0 saturated carbocycles. The number of hydrogen-bond acceptors (Lipinski definition) is 3. The molecule has 4 rings (SSSR count). The van der Waals surface area contributed by atoms with E-state index in [4.69, 9.17) is 0 Å². The molecule has 7 heteroatoms. The highest BCUT2D eigenvalue weighted by atomic mass is 32.2. The molecule has 2 heterocycles. The first-order valence-electron chi connectivity index (χ1n) is 10.6. The lowest BCUT2D eigenvalue weighted by Crippen LogP contribution is -2.29. The van der Waals surface area contributed by atoms with Crippen molar-refractivity contribution < 1.29 is 22.3 Å². The zero-order valence-electron chi connectivity index (χ0n) is 18.4. The van der Waals surface area contributed by atoms with E-state index in [0.29, 0.717) is 5.56 Å². The Labute approximate surface area is 188 Å². The molecular weight excluding hydrogens is 424 g/mol. The van der Waals surface area contributed by atoms with Crippen molar-refractivity contribution in [3.05, 3.63) is 78.0 Å². The maximum atomic E-state index is 12.1. The van der Waals surface area contributed by atoms with Crippen molar-refractivity contribution in [2.45, 2.75) is 43.9 Å². The molecular formula is C25H27N2O4S+. The average molecular weight is 452 g/mol. The van der Waals surface area contributed by atoms with Crippen molar-refractivity contribution in [1.29, 1.82) is 0 Å². The SMILES string of the molecule is CC(=O)N(C=CC=CC1=[N+]2CCCc3ccc(S(=O)(=O)O)c(c32)C1(C)C)c1ccccc1. The van der Waals surface area contributed by atoms with Gasteiger partial charge in [-0.05, 0) is 44.5 Å². The van der Waals surface area contributed by atoms with Gasteiger partial charge in [0.1, 0.15) is 11.4 Å². The lowest BCUT2D eigenvalue weighted by atomic mass is 9.80. The number of carbonyl (C=O) groups excluding carboxylic acids is 1. The van der Waals surface area contributed by atoms with Gasteiger partial charge < -0.3 is 0 Å². The Balaban J connectivity index is 1.72. The molecule has 0 atom stereocenters. The van der Waals surface area contributed by atoms with Crippen LogP contribution in [0.15, 0.2) is 71.8 Å². The number of nitrogens with zero attached hydrogens (tertiary/aromatic N) is 2. The molecule has 2 aromatic carbocycles. The lowest BCUT2D eigenvalue weighted by Gasteiger charge is -2.18. The first kappa shape index (κ1) is 22.2. The van der Waals surface area contributed by atoms with Crippen LogP contribution < -0.4 is 4.90 Å². The summed E-state index contributed by atoms with van der Waals surface area (Å²) in [5, 5.41) is 0. The summed E-state index contributed by atoms with van der Waals surface area (Å²) < 4.78 is 36.2. The quantitative estimate of drug-likeness (QED) is 0.416. The van der Waals surface area contributed by atoms with E-state index in [1.165, 1.54) is 13.0 Å². The maximum absolute atomic E-state index is 12.1. The summed E-state index contributed by atoms with van der Waals surface area (Å²) in [4.78, 5) is 13.6. The van der Waals surface area contributed by atoms with Crippen molar-refractivity contribution in [3.8, 4) is 0 Å². The Bertz CT molecular complexity index is 1270. The van der Waals surface area contributed by atoms with Crippen molar-refractivity contribution in [2.75, 3.05) is 11.4 Å². The van der Waals surface area contributed by atoms with Gasteiger partial charge in [0, 0.05) is 36.9 Å². The number of hydrogen-bond donors (Lipinski definition) is 1. The van der Waals surface area contributed by atoms with Gasteiger partial charge >= 0.3 is 0 Å². The zero-order valence-corrected chi connectivity index (χ0v) is 19.3. The molecule has 0 aromatic heterocycles. The van der Waals surface area contributed by atoms with Crippen molar-refractivity contribution in [1.82, 2.24) is 0 Å². The van der Waals surface area contributed by atoms with E-state index in [1.807, 2.05) is 56.3 Å². The van der Waals surface area contributed by atoms with Crippen molar-refractivity contribution >= 4 is 33.1 Å². The Morgan fingerprint density at radius 3 is 2.50 bits per heavy atom. The number of carbonyl (C=O) groups is 1. The molecule has 0 fully saturated rings. The van der Waals surface area contributed by atoms with Gasteiger partial charge in [-0.15, -0.1) is 0 Å². The Morgan fingerprint density at radius 1 is 1.12 bits per heavy atom. The average Bonchev–Trinajstić information content (AvgIpc) is 2.96. The maximum Gasteiger partial charge on any atom is 0.295 e. The minimum absolute atomic E-state index is 0.0288. The highest BCUT2D eigenvalue weighted by molar-refractivity contribution is 7.85. The molecule has 0 saturated heterocycles. The van der Waals surface area contributed by atoms with E-state index in [2.05, 4.69) is 4.58 Å². The summed E-state index contributed by atoms with van der Waals surface area (Å²) in [6.07, 6.45) is 9.19. The van der Waals surface area contributed by atoms with Crippen LogP contribution in [0.25, 0.3) is 0 Å². The molecule has 32 heavy (non-hydrogen) atoms. The van der Waals surface area contributed by atoms with E-state index >= 15 is 0 Å². The van der Waals surface area contributed by atoms with Crippen LogP contribution in [0.5, 0.6) is 0 Å². The zero-order chi connectivity index (χ0) is 23.1. The molecule has 0 bridgehead atoms. The van der Waals surface area contributed by atoms with E-state index in [0.717, 1.165) is 42.0 Å². The number of para-hydroxylation sites is 1. The van der Waals surface area contributed by atoms with Crippen LogP contribution in [0.2, 0.25) is 0 Å². The van der Waals surface area contributed by atoms with Gasteiger partial charge in [0.25, 0.3) is 10.1 Å². The molecule has 0 unspecified atom stereocenters. The molecule has 1 N–H and O–H groups in total. The van der Waals surface area contributed by atoms with Crippen LogP contribution in [0, 0.1) is 0 Å². The number of anilines is 1. The predicted molar refractivity (Wildman–Crippen MR) is 125 cm³/mol. The summed E-state index contributed by atoms with van der Waals surface area (Å²) in [7, 11) is -4.35. The van der Waals surface area contributed by atoms with Gasteiger partial charge in [-0.25, -0.2) is 0 Å². The molecule has 2 aliphatic rings. The fourth-order valence-electron chi connectivity index (χ4n) is 4.73. The Morgan fingerprint density at radius 2 is 1.84 bits per heavy atom. The van der Waals surface area contributed by atoms with Gasteiger partial charge in [-0.1, -0.05) is 30.3 Å². The van der Waals surface area contributed by atoms with E-state index < -0.39 is 15.5 Å². The second-order valence-corrected chi connectivity index (χ2v) is 10.0. The summed E-state index contributed by atoms with van der Waals surface area (Å²) in [5.74, 6) is -0.0967. The lowest BCUT2D eigenvalue weighted by molar-refractivity contribution is -0.443. The van der Waals surface area contributed by atoms with Gasteiger partial charge in [-0.3, -0.25) is 14.2 Å². The van der Waals surface area contributed by atoms with Crippen LogP contribution in [-0.2, 0) is 26.7 Å². The fraction of sp³-hybridized carbons (Fsp3) is 0.280. The molecule has 166 valence electrons. The third-order valence-corrected chi connectivity index (χ3v) is 7.03. The molecule has 2 aliphatic heterocycles. The fourth-order valence-corrected chi connectivity index (χ4v) is 5.58. The second-order valence-electron chi connectivity index (χ2n) is 8.61. The van der Waals surface area contributed by atoms with Crippen molar-refractivity contribution in [2.24, 2.45) is 0 Å². The number of amides is 1. The largest absolute Gasteiger partial charge is 0.295 e. The van der Waals surface area contributed by atoms with Gasteiger partial charge in [0.05, 0.1) is 11.0 Å².